The van der Waals surface area contributed by atoms with Crippen LogP contribution in [-0.4, -0.2) is 57.3 Å². The first-order chi connectivity index (χ1) is 10.2. The summed E-state index contributed by atoms with van der Waals surface area (Å²) in [5, 5.41) is 2.99. The molecule has 0 aliphatic carbocycles. The van der Waals surface area contributed by atoms with Gasteiger partial charge in [0, 0.05) is 19.1 Å². The van der Waals surface area contributed by atoms with Gasteiger partial charge in [-0.3, -0.25) is 0 Å². The number of carbonyl (C=O) groups excluding carboxylic acids is 1. The van der Waals surface area contributed by atoms with Crippen LogP contribution in [0.5, 0.6) is 0 Å². The lowest BCUT2D eigenvalue weighted by Gasteiger charge is -2.21. The Labute approximate surface area is 127 Å². The predicted molar refractivity (Wildman–Crippen MR) is 82.5 cm³/mol. The molecule has 0 spiro atoms. The summed E-state index contributed by atoms with van der Waals surface area (Å²) in [4.78, 5) is 16.8. The Morgan fingerprint density at radius 2 is 2.29 bits per heavy atom. The number of anilines is 1. The van der Waals surface area contributed by atoms with Crippen molar-refractivity contribution in [2.24, 2.45) is 5.92 Å². The lowest BCUT2D eigenvalue weighted by molar-refractivity contribution is 0.213. The molecule has 0 unspecified atom stereocenters. The number of likely N-dealkylation sites (tertiary alicyclic amines) is 2. The summed E-state index contributed by atoms with van der Waals surface area (Å²) in [5.74, 6) is 0.623. The molecule has 2 amide bonds. The molecule has 1 aromatic heterocycles. The van der Waals surface area contributed by atoms with Gasteiger partial charge in [-0.05, 0) is 38.1 Å². The number of carbonyl (C=O) groups is 1. The molecule has 1 N–H and O–H groups in total. The van der Waals surface area contributed by atoms with E-state index in [9.17, 15) is 4.79 Å². The van der Waals surface area contributed by atoms with Crippen molar-refractivity contribution in [3.05, 3.63) is 18.2 Å². The zero-order valence-electron chi connectivity index (χ0n) is 11.8. The highest BCUT2D eigenvalue weighted by molar-refractivity contribution is 7.00. The van der Waals surface area contributed by atoms with Crippen molar-refractivity contribution in [3.63, 3.8) is 0 Å². The second kappa shape index (κ2) is 4.92. The highest BCUT2D eigenvalue weighted by atomic mass is 32.1. The van der Waals surface area contributed by atoms with E-state index in [0.29, 0.717) is 12.0 Å². The third-order valence-electron chi connectivity index (χ3n) is 4.64. The molecule has 2 saturated heterocycles. The van der Waals surface area contributed by atoms with Gasteiger partial charge >= 0.3 is 6.03 Å². The molecule has 0 radical (unpaired) electrons. The second-order valence-corrected chi connectivity index (χ2v) is 6.40. The molecule has 3 heterocycles. The minimum Gasteiger partial charge on any atom is -0.323 e. The van der Waals surface area contributed by atoms with Crippen molar-refractivity contribution in [1.29, 1.82) is 0 Å². The fourth-order valence-corrected chi connectivity index (χ4v) is 3.99. The van der Waals surface area contributed by atoms with E-state index in [1.54, 1.807) is 0 Å². The van der Waals surface area contributed by atoms with Gasteiger partial charge in [0.25, 0.3) is 0 Å². The molecule has 7 heteroatoms. The second-order valence-electron chi connectivity index (χ2n) is 5.87. The lowest BCUT2D eigenvalue weighted by Crippen LogP contribution is -2.37. The third-order valence-corrected chi connectivity index (χ3v) is 5.18. The Hall–Kier alpha value is -1.73. The van der Waals surface area contributed by atoms with Crippen LogP contribution in [0.1, 0.15) is 6.42 Å². The van der Waals surface area contributed by atoms with Crippen LogP contribution in [0.2, 0.25) is 0 Å². The zero-order valence-corrected chi connectivity index (χ0v) is 12.6. The summed E-state index contributed by atoms with van der Waals surface area (Å²) < 4.78 is 8.46. The summed E-state index contributed by atoms with van der Waals surface area (Å²) >= 11 is 1.17. The molecule has 110 valence electrons. The van der Waals surface area contributed by atoms with E-state index in [4.69, 9.17) is 0 Å². The van der Waals surface area contributed by atoms with Crippen molar-refractivity contribution in [1.82, 2.24) is 18.5 Å². The van der Waals surface area contributed by atoms with Gasteiger partial charge in [0.2, 0.25) is 0 Å². The molecule has 2 aliphatic rings. The van der Waals surface area contributed by atoms with E-state index < -0.39 is 0 Å². The number of aromatic nitrogens is 2. The van der Waals surface area contributed by atoms with E-state index in [-0.39, 0.29) is 6.03 Å². The summed E-state index contributed by atoms with van der Waals surface area (Å²) in [7, 11) is 2.15. The highest BCUT2D eigenvalue weighted by Crippen LogP contribution is 2.30. The number of urea groups is 1. The molecule has 6 nitrogen and oxygen atoms in total. The predicted octanol–water partition coefficient (Wildman–Crippen LogP) is 1.86. The average molecular weight is 303 g/mol. The van der Waals surface area contributed by atoms with Crippen LogP contribution in [-0.2, 0) is 0 Å². The first-order valence-corrected chi connectivity index (χ1v) is 7.93. The Morgan fingerprint density at radius 1 is 1.38 bits per heavy atom. The molecule has 2 aliphatic heterocycles. The van der Waals surface area contributed by atoms with Crippen LogP contribution in [0.3, 0.4) is 0 Å². The van der Waals surface area contributed by atoms with Gasteiger partial charge in [-0.1, -0.05) is 6.07 Å². The Balaban J connectivity index is 1.50. The maximum absolute atomic E-state index is 12.5. The molecule has 2 aromatic rings. The number of fused-ring (bicyclic) bond motifs is 2. The monoisotopic (exact) mass is 303 g/mol. The summed E-state index contributed by atoms with van der Waals surface area (Å²) in [6, 6.07) is 6.17. The zero-order chi connectivity index (χ0) is 14.4. The van der Waals surface area contributed by atoms with Crippen LogP contribution in [0.15, 0.2) is 18.2 Å². The first kappa shape index (κ1) is 13.0. The molecule has 0 saturated carbocycles. The Kier molecular flexibility index (Phi) is 3.04. The van der Waals surface area contributed by atoms with Gasteiger partial charge in [-0.2, -0.15) is 8.75 Å². The number of rotatable bonds is 1. The quantitative estimate of drug-likeness (QED) is 0.873. The summed E-state index contributed by atoms with van der Waals surface area (Å²) in [5.41, 5.74) is 2.35. The maximum Gasteiger partial charge on any atom is 0.321 e. The minimum atomic E-state index is -0.0294. The molecular formula is C14H17N5OS. The molecule has 2 atom stereocenters. The molecule has 4 rings (SSSR count). The number of likely N-dealkylation sites (N-methyl/N-ethyl adjacent to an activating group) is 1. The summed E-state index contributed by atoms with van der Waals surface area (Å²) in [6.45, 7) is 2.82. The Bertz CT molecular complexity index is 687. The number of nitrogens with one attached hydrogen (secondary N) is 1. The largest absolute Gasteiger partial charge is 0.323 e. The van der Waals surface area contributed by atoms with Gasteiger partial charge < -0.3 is 15.1 Å². The SMILES string of the molecule is CN1CC[C@@H]2CN(C(=O)Nc3cccc4nsnc34)C[C@@H]21. The van der Waals surface area contributed by atoms with Gasteiger partial charge in [0.15, 0.2) is 0 Å². The smallest absolute Gasteiger partial charge is 0.321 e. The van der Waals surface area contributed by atoms with Crippen molar-refractivity contribution in [2.45, 2.75) is 12.5 Å². The summed E-state index contributed by atoms with van der Waals surface area (Å²) in [6.07, 6.45) is 1.19. The van der Waals surface area contributed by atoms with Gasteiger partial charge in [-0.15, -0.1) is 0 Å². The molecule has 21 heavy (non-hydrogen) atoms. The number of hydrogen-bond donors (Lipinski definition) is 1. The van der Waals surface area contributed by atoms with Crippen molar-refractivity contribution < 1.29 is 4.79 Å². The van der Waals surface area contributed by atoms with E-state index in [1.165, 1.54) is 18.1 Å². The highest BCUT2D eigenvalue weighted by Gasteiger charge is 2.41. The maximum atomic E-state index is 12.5. The van der Waals surface area contributed by atoms with Crippen LogP contribution < -0.4 is 5.32 Å². The minimum absolute atomic E-state index is 0.0294. The van der Waals surface area contributed by atoms with Gasteiger partial charge in [0.05, 0.1) is 17.4 Å². The number of amides is 2. The van der Waals surface area contributed by atoms with E-state index in [1.807, 2.05) is 23.1 Å². The molecule has 2 fully saturated rings. The third kappa shape index (κ3) is 2.16. The van der Waals surface area contributed by atoms with Crippen molar-refractivity contribution in [3.8, 4) is 0 Å². The number of nitrogens with zero attached hydrogens (tertiary/aromatic N) is 4. The first-order valence-electron chi connectivity index (χ1n) is 7.20. The molecular weight excluding hydrogens is 286 g/mol. The lowest BCUT2D eigenvalue weighted by atomic mass is 10.1. The topological polar surface area (TPSA) is 61.4 Å². The fourth-order valence-electron chi connectivity index (χ4n) is 3.44. The number of benzene rings is 1. The van der Waals surface area contributed by atoms with E-state index >= 15 is 0 Å². The van der Waals surface area contributed by atoms with Crippen LogP contribution >= 0.6 is 11.7 Å². The fraction of sp³-hybridized carbons (Fsp3) is 0.500. The molecule has 0 bridgehead atoms. The van der Waals surface area contributed by atoms with Crippen LogP contribution in [0, 0.1) is 5.92 Å². The van der Waals surface area contributed by atoms with E-state index in [0.717, 1.165) is 36.4 Å². The van der Waals surface area contributed by atoms with Gasteiger partial charge in [-0.25, -0.2) is 4.79 Å². The molecule has 1 aromatic carbocycles. The normalized spacial score (nSPS) is 25.5. The van der Waals surface area contributed by atoms with Crippen LogP contribution in [0.4, 0.5) is 10.5 Å². The Morgan fingerprint density at radius 3 is 3.14 bits per heavy atom. The standard InChI is InChI=1S/C14H17N5OS/c1-18-6-5-9-7-19(8-12(9)18)14(20)15-10-3-2-4-11-13(10)17-21-16-11/h2-4,9,12H,5-8H2,1H3,(H,15,20)/t9-,12+/m1/s1. The average Bonchev–Trinajstić information content (AvgIpc) is 3.16. The van der Waals surface area contributed by atoms with Crippen molar-refractivity contribution >= 4 is 34.5 Å². The van der Waals surface area contributed by atoms with Crippen LogP contribution in [0.25, 0.3) is 11.0 Å². The van der Waals surface area contributed by atoms with Gasteiger partial charge in [0.1, 0.15) is 11.0 Å². The van der Waals surface area contributed by atoms with Crippen molar-refractivity contribution in [2.75, 3.05) is 32.0 Å². The number of hydrogen-bond acceptors (Lipinski definition) is 5. The van der Waals surface area contributed by atoms with E-state index in [2.05, 4.69) is 26.0 Å².